The predicted octanol–water partition coefficient (Wildman–Crippen LogP) is -0.893. The summed E-state index contributed by atoms with van der Waals surface area (Å²) in [5.41, 5.74) is 0. The van der Waals surface area contributed by atoms with Gasteiger partial charge in [-0.2, -0.15) is 0 Å². The fourth-order valence-electron chi connectivity index (χ4n) is 2.97. The van der Waals surface area contributed by atoms with E-state index in [2.05, 4.69) is 7.05 Å². The Balaban J connectivity index is 0.00000144. The highest BCUT2D eigenvalue weighted by molar-refractivity contribution is 5.70. The summed E-state index contributed by atoms with van der Waals surface area (Å²) in [4.78, 5) is 11.8. The fourth-order valence-corrected chi connectivity index (χ4v) is 2.97. The molecule has 0 N–H and O–H groups in total. The predicted molar refractivity (Wildman–Crippen MR) is 63.0 cm³/mol. The number of hydrogen-bond acceptors (Lipinski definition) is 2. The molecule has 0 unspecified atom stereocenters. The standard InChI is InChI=1S/C13H24NO2.HI/c1-14(9-5-2-6-10-14)11-13(15)16-12-7-3-4-8-12;/h12H,2-11H2,1H3;1H/q+1;/p-1. The van der Waals surface area contributed by atoms with Crippen LogP contribution in [0, 0.1) is 0 Å². The molecule has 1 heterocycles. The summed E-state index contributed by atoms with van der Waals surface area (Å²) in [7, 11) is 2.19. The third-order valence-corrected chi connectivity index (χ3v) is 4.01. The van der Waals surface area contributed by atoms with Crippen LogP contribution in [0.1, 0.15) is 44.9 Å². The van der Waals surface area contributed by atoms with Crippen molar-refractivity contribution in [1.82, 2.24) is 0 Å². The third-order valence-electron chi connectivity index (χ3n) is 4.01. The maximum atomic E-state index is 11.8. The fraction of sp³-hybridized carbons (Fsp3) is 0.923. The monoisotopic (exact) mass is 353 g/mol. The van der Waals surface area contributed by atoms with Crippen LogP contribution >= 0.6 is 0 Å². The Morgan fingerprint density at radius 2 is 1.71 bits per heavy atom. The van der Waals surface area contributed by atoms with Gasteiger partial charge in [-0.3, -0.25) is 0 Å². The number of ether oxygens (including phenoxy) is 1. The van der Waals surface area contributed by atoms with Crippen LogP contribution in [0.3, 0.4) is 0 Å². The molecule has 0 aromatic rings. The van der Waals surface area contributed by atoms with Gasteiger partial charge >= 0.3 is 5.97 Å². The van der Waals surface area contributed by atoms with E-state index < -0.39 is 0 Å². The van der Waals surface area contributed by atoms with Crippen LogP contribution in [0.4, 0.5) is 0 Å². The number of carbonyl (C=O) groups is 1. The summed E-state index contributed by atoms with van der Waals surface area (Å²) in [5.74, 6) is 0.0244. The number of likely N-dealkylation sites (N-methyl/N-ethyl adjacent to an activating group) is 1. The Morgan fingerprint density at radius 1 is 1.12 bits per heavy atom. The molecule has 0 spiro atoms. The normalized spacial score (nSPS) is 24.1. The van der Waals surface area contributed by atoms with Gasteiger partial charge < -0.3 is 33.2 Å². The van der Waals surface area contributed by atoms with Crippen LogP contribution in [-0.4, -0.2) is 43.2 Å². The van der Waals surface area contributed by atoms with E-state index in [1.54, 1.807) is 0 Å². The van der Waals surface area contributed by atoms with Crippen LogP contribution in [0.5, 0.6) is 0 Å². The lowest BCUT2D eigenvalue weighted by molar-refractivity contribution is -0.907. The number of esters is 1. The number of hydrogen-bond donors (Lipinski definition) is 0. The molecule has 2 fully saturated rings. The van der Waals surface area contributed by atoms with E-state index >= 15 is 0 Å². The van der Waals surface area contributed by atoms with Gasteiger partial charge in [-0.25, -0.2) is 4.79 Å². The molecule has 0 amide bonds. The van der Waals surface area contributed by atoms with Crippen LogP contribution < -0.4 is 24.0 Å². The number of carbonyl (C=O) groups excluding carboxylic acids is 1. The van der Waals surface area contributed by atoms with Crippen molar-refractivity contribution >= 4 is 5.97 Å². The minimum Gasteiger partial charge on any atom is -1.00 e. The average molecular weight is 353 g/mol. The van der Waals surface area contributed by atoms with Gasteiger partial charge in [-0.1, -0.05) is 0 Å². The van der Waals surface area contributed by atoms with Crippen LogP contribution in [0.2, 0.25) is 0 Å². The number of halogens is 1. The molecule has 0 aromatic heterocycles. The summed E-state index contributed by atoms with van der Waals surface area (Å²) in [6.45, 7) is 2.86. The van der Waals surface area contributed by atoms with Crippen molar-refractivity contribution in [2.75, 3.05) is 26.7 Å². The summed E-state index contributed by atoms with van der Waals surface area (Å²) in [6, 6.07) is 0. The topological polar surface area (TPSA) is 26.3 Å². The highest BCUT2D eigenvalue weighted by atomic mass is 127. The quantitative estimate of drug-likeness (QED) is 0.374. The minimum atomic E-state index is 0. The second-order valence-electron chi connectivity index (χ2n) is 5.68. The van der Waals surface area contributed by atoms with Gasteiger partial charge in [-0.15, -0.1) is 0 Å². The van der Waals surface area contributed by atoms with Gasteiger partial charge in [-0.05, 0) is 44.9 Å². The molecule has 3 nitrogen and oxygen atoms in total. The van der Waals surface area contributed by atoms with Gasteiger partial charge in [0.05, 0.1) is 20.1 Å². The molecule has 1 aliphatic heterocycles. The maximum absolute atomic E-state index is 11.8. The van der Waals surface area contributed by atoms with Crippen molar-refractivity contribution in [3.8, 4) is 0 Å². The minimum absolute atomic E-state index is 0. The molecule has 4 heteroatoms. The smallest absolute Gasteiger partial charge is 0.362 e. The summed E-state index contributed by atoms with van der Waals surface area (Å²) >= 11 is 0. The largest absolute Gasteiger partial charge is 1.00 e. The SMILES string of the molecule is C[N+]1(CC(=O)OC2CCCC2)CCCCC1.[I-]. The molecule has 1 saturated carbocycles. The van der Waals surface area contributed by atoms with Crippen molar-refractivity contribution in [3.63, 3.8) is 0 Å². The first-order chi connectivity index (χ1) is 7.68. The van der Waals surface area contributed by atoms with Crippen molar-refractivity contribution in [2.24, 2.45) is 0 Å². The Bertz CT molecular complexity index is 246. The highest BCUT2D eigenvalue weighted by Crippen LogP contribution is 2.22. The van der Waals surface area contributed by atoms with Crippen LogP contribution in [0.25, 0.3) is 0 Å². The van der Waals surface area contributed by atoms with E-state index in [-0.39, 0.29) is 36.0 Å². The van der Waals surface area contributed by atoms with Crippen molar-refractivity contribution < 1.29 is 38.0 Å². The summed E-state index contributed by atoms with van der Waals surface area (Å²) in [5, 5.41) is 0. The van der Waals surface area contributed by atoms with Gasteiger partial charge in [0.15, 0.2) is 6.54 Å². The maximum Gasteiger partial charge on any atom is 0.362 e. The molecule has 0 radical (unpaired) electrons. The van der Waals surface area contributed by atoms with E-state index in [0.717, 1.165) is 30.4 Å². The van der Waals surface area contributed by atoms with Gasteiger partial charge in [0.25, 0.3) is 0 Å². The molecule has 0 bridgehead atoms. The second-order valence-corrected chi connectivity index (χ2v) is 5.68. The number of quaternary nitrogens is 1. The lowest BCUT2D eigenvalue weighted by Crippen LogP contribution is -3.00. The molecule has 2 aliphatic rings. The highest BCUT2D eigenvalue weighted by Gasteiger charge is 2.30. The summed E-state index contributed by atoms with van der Waals surface area (Å²) < 4.78 is 6.42. The molecular weight excluding hydrogens is 329 g/mol. The van der Waals surface area contributed by atoms with E-state index in [1.165, 1.54) is 32.1 Å². The first-order valence-corrected chi connectivity index (χ1v) is 6.71. The lowest BCUT2D eigenvalue weighted by Gasteiger charge is -2.36. The van der Waals surface area contributed by atoms with E-state index in [0.29, 0.717) is 6.54 Å². The zero-order valence-electron chi connectivity index (χ0n) is 10.8. The number of rotatable bonds is 3. The van der Waals surface area contributed by atoms with E-state index in [9.17, 15) is 4.79 Å². The van der Waals surface area contributed by atoms with E-state index in [1.807, 2.05) is 0 Å². The molecule has 0 aromatic carbocycles. The van der Waals surface area contributed by atoms with Crippen molar-refractivity contribution in [1.29, 1.82) is 0 Å². The van der Waals surface area contributed by atoms with Gasteiger partial charge in [0.1, 0.15) is 6.10 Å². The number of nitrogens with zero attached hydrogens (tertiary/aromatic N) is 1. The third kappa shape index (κ3) is 4.73. The number of likely N-dealkylation sites (tertiary alicyclic amines) is 1. The van der Waals surface area contributed by atoms with Crippen molar-refractivity contribution in [3.05, 3.63) is 0 Å². The molecule has 100 valence electrons. The van der Waals surface area contributed by atoms with Crippen LogP contribution in [0.15, 0.2) is 0 Å². The van der Waals surface area contributed by atoms with Crippen molar-refractivity contribution in [2.45, 2.75) is 51.0 Å². The Morgan fingerprint density at radius 3 is 2.29 bits per heavy atom. The molecule has 0 atom stereocenters. The Kier molecular flexibility index (Phi) is 6.20. The second kappa shape index (κ2) is 6.92. The zero-order valence-corrected chi connectivity index (χ0v) is 12.9. The Labute approximate surface area is 121 Å². The van der Waals surface area contributed by atoms with Crippen LogP contribution in [-0.2, 0) is 9.53 Å². The van der Waals surface area contributed by atoms with Gasteiger partial charge in [0.2, 0.25) is 0 Å². The molecular formula is C13H24INO2. The molecule has 2 rings (SSSR count). The molecule has 1 saturated heterocycles. The first kappa shape index (κ1) is 15.2. The lowest BCUT2D eigenvalue weighted by atomic mass is 10.1. The average Bonchev–Trinajstić information content (AvgIpc) is 2.70. The number of piperidine rings is 1. The molecule has 17 heavy (non-hydrogen) atoms. The first-order valence-electron chi connectivity index (χ1n) is 6.71. The molecule has 1 aliphatic carbocycles. The van der Waals surface area contributed by atoms with E-state index in [4.69, 9.17) is 4.74 Å². The summed E-state index contributed by atoms with van der Waals surface area (Å²) in [6.07, 6.45) is 8.68. The zero-order chi connectivity index (χ0) is 11.4. The Hall–Kier alpha value is 0.160. The van der Waals surface area contributed by atoms with Gasteiger partial charge in [0, 0.05) is 0 Å².